The average Bonchev–Trinajstić information content (AvgIpc) is 2.83. The van der Waals surface area contributed by atoms with E-state index in [4.69, 9.17) is 13.9 Å². The van der Waals surface area contributed by atoms with Gasteiger partial charge in [-0.1, -0.05) is 41.5 Å². The van der Waals surface area contributed by atoms with Crippen molar-refractivity contribution in [3.05, 3.63) is 0 Å². The lowest BCUT2D eigenvalue weighted by Gasteiger charge is -2.44. The molecule has 0 saturated carbocycles. The van der Waals surface area contributed by atoms with Crippen molar-refractivity contribution in [1.82, 2.24) is 9.34 Å². The normalized spacial score (nSPS) is 21.4. The van der Waals surface area contributed by atoms with E-state index in [2.05, 4.69) is 78.2 Å². The first-order valence-electron chi connectivity index (χ1n) is 14.3. The summed E-state index contributed by atoms with van der Waals surface area (Å²) in [5.74, 6) is 3.36. The second-order valence-corrected chi connectivity index (χ2v) is 24.5. The van der Waals surface area contributed by atoms with Gasteiger partial charge >= 0.3 is 0 Å². The molecule has 0 bridgehead atoms. The van der Waals surface area contributed by atoms with Crippen molar-refractivity contribution < 1.29 is 18.5 Å². The molecule has 0 amide bonds. The molecule has 1 aliphatic rings. The SMILES string of the molecule is CO[C@@H](C[C@@H](C)CC(C)P(=O)(N(C)C)N(C)C)[C@@H](O[Si](C)(C)C(C)(C)C)[C@H](C[C@@H](C)C1SCCCS1)OC. The van der Waals surface area contributed by atoms with E-state index >= 15 is 0 Å². The molecule has 1 fully saturated rings. The molecule has 0 spiro atoms. The second-order valence-electron chi connectivity index (χ2n) is 13.3. The van der Waals surface area contributed by atoms with Gasteiger partial charge in [0.1, 0.15) is 0 Å². The standard InChI is InChI=1S/C28H61N2O4PS2Si/c1-21(18-23(3)35(31,29(7)8)30(9)10)19-24(32-11)26(34-38(13,14)28(4,5)6)25(33-12)20-22(2)27-36-16-15-17-37-27/h21-27H,15-20H2,1-14H3/t21-,22+,23?,24-,25-,26+/m0/s1. The fourth-order valence-electron chi connectivity index (χ4n) is 5.31. The largest absolute Gasteiger partial charge is 0.409 e. The molecule has 1 heterocycles. The fraction of sp³-hybridized carbons (Fsp3) is 1.00. The van der Waals surface area contributed by atoms with Gasteiger partial charge < -0.3 is 13.9 Å². The Balaban J connectivity index is 3.20. The van der Waals surface area contributed by atoms with Gasteiger partial charge in [-0.15, -0.1) is 23.5 Å². The third kappa shape index (κ3) is 10.0. The zero-order chi connectivity index (χ0) is 29.5. The molecular formula is C28H61N2O4PS2Si. The number of methoxy groups -OCH3 is 2. The molecule has 1 saturated heterocycles. The molecule has 10 heteroatoms. The molecular weight excluding hydrogens is 552 g/mol. The Morgan fingerprint density at radius 1 is 0.895 bits per heavy atom. The van der Waals surface area contributed by atoms with Crippen molar-refractivity contribution >= 4 is 39.3 Å². The minimum absolute atomic E-state index is 0.0357. The van der Waals surface area contributed by atoms with Crippen molar-refractivity contribution in [2.45, 2.75) is 114 Å². The van der Waals surface area contributed by atoms with Gasteiger partial charge in [-0.2, -0.15) is 0 Å². The smallest absolute Gasteiger partial charge is 0.218 e. The summed E-state index contributed by atoms with van der Waals surface area (Å²) in [6.07, 6.45) is 3.71. The molecule has 6 atom stereocenters. The lowest BCUT2D eigenvalue weighted by Crippen LogP contribution is -2.53. The zero-order valence-electron chi connectivity index (χ0n) is 27.1. The average molecular weight is 613 g/mol. The topological polar surface area (TPSA) is 51.2 Å². The first kappa shape index (κ1) is 37.0. The third-order valence-electron chi connectivity index (χ3n) is 8.60. The van der Waals surface area contributed by atoms with Crippen LogP contribution in [0.4, 0.5) is 0 Å². The molecule has 1 aliphatic heterocycles. The second kappa shape index (κ2) is 16.0. The van der Waals surface area contributed by atoms with Crippen molar-refractivity contribution in [2.75, 3.05) is 53.9 Å². The van der Waals surface area contributed by atoms with Crippen LogP contribution in [0.25, 0.3) is 0 Å². The van der Waals surface area contributed by atoms with Gasteiger partial charge in [0.15, 0.2) is 8.32 Å². The van der Waals surface area contributed by atoms with Crippen LogP contribution < -0.4 is 0 Å². The van der Waals surface area contributed by atoms with E-state index in [1.54, 1.807) is 0 Å². The summed E-state index contributed by atoms with van der Waals surface area (Å²) in [5.41, 5.74) is 0.0540. The van der Waals surface area contributed by atoms with E-state index in [1.807, 2.05) is 51.8 Å². The zero-order valence-corrected chi connectivity index (χ0v) is 30.6. The number of rotatable bonds is 16. The summed E-state index contributed by atoms with van der Waals surface area (Å²) in [5, 5.41) is 0.0900. The Labute approximate surface area is 246 Å². The molecule has 0 aliphatic carbocycles. The minimum Gasteiger partial charge on any atom is -0.409 e. The van der Waals surface area contributed by atoms with Gasteiger partial charge in [-0.3, -0.25) is 4.57 Å². The van der Waals surface area contributed by atoms with Gasteiger partial charge in [0, 0.05) is 19.9 Å². The van der Waals surface area contributed by atoms with E-state index in [1.165, 1.54) is 17.9 Å². The maximum Gasteiger partial charge on any atom is 0.218 e. The number of thioether (sulfide) groups is 2. The summed E-state index contributed by atoms with van der Waals surface area (Å²) in [4.78, 5) is 0. The summed E-state index contributed by atoms with van der Waals surface area (Å²) >= 11 is 4.20. The Bertz CT molecular complexity index is 720. The highest BCUT2D eigenvalue weighted by Crippen LogP contribution is 2.56. The van der Waals surface area contributed by atoms with Crippen LogP contribution in [0.15, 0.2) is 0 Å². The lowest BCUT2D eigenvalue weighted by molar-refractivity contribution is -0.0936. The first-order valence-corrected chi connectivity index (χ1v) is 21.0. The van der Waals surface area contributed by atoms with Crippen LogP contribution in [0.5, 0.6) is 0 Å². The number of hydrogen-bond acceptors (Lipinski definition) is 6. The maximum atomic E-state index is 13.8. The van der Waals surface area contributed by atoms with Gasteiger partial charge in [0.05, 0.1) is 22.9 Å². The molecule has 0 aromatic carbocycles. The molecule has 228 valence electrons. The van der Waals surface area contributed by atoms with E-state index < -0.39 is 15.8 Å². The molecule has 1 unspecified atom stereocenters. The number of nitrogens with zero attached hydrogens (tertiary/aromatic N) is 2. The van der Waals surface area contributed by atoms with Crippen LogP contribution in [0, 0.1) is 11.8 Å². The molecule has 0 N–H and O–H groups in total. The van der Waals surface area contributed by atoms with E-state index in [9.17, 15) is 4.57 Å². The van der Waals surface area contributed by atoms with E-state index in [0.29, 0.717) is 16.4 Å². The monoisotopic (exact) mass is 612 g/mol. The predicted molar refractivity (Wildman–Crippen MR) is 174 cm³/mol. The Hall–Kier alpha value is 0.947. The third-order valence-corrected chi connectivity index (χ3v) is 20.2. The minimum atomic E-state index is -2.63. The molecule has 38 heavy (non-hydrogen) atoms. The molecule has 0 radical (unpaired) electrons. The predicted octanol–water partition coefficient (Wildman–Crippen LogP) is 7.75. The Kier molecular flexibility index (Phi) is 15.5. The van der Waals surface area contributed by atoms with Crippen LogP contribution >= 0.6 is 31.0 Å². The van der Waals surface area contributed by atoms with Gasteiger partial charge in [-0.25, -0.2) is 9.34 Å². The quantitative estimate of drug-likeness (QED) is 0.130. The van der Waals surface area contributed by atoms with Crippen molar-refractivity contribution in [3.8, 4) is 0 Å². The van der Waals surface area contributed by atoms with Crippen LogP contribution in [0.1, 0.15) is 67.2 Å². The highest BCUT2D eigenvalue weighted by Gasteiger charge is 2.44. The van der Waals surface area contributed by atoms with Crippen LogP contribution in [-0.4, -0.2) is 100 Å². The van der Waals surface area contributed by atoms with E-state index in [0.717, 1.165) is 19.3 Å². The summed E-state index contributed by atoms with van der Waals surface area (Å²) < 4.78 is 37.9. The number of ether oxygens (including phenoxy) is 2. The molecule has 0 aromatic heterocycles. The molecule has 6 nitrogen and oxygen atoms in total. The summed E-state index contributed by atoms with van der Waals surface area (Å²) in [6, 6.07) is 0. The van der Waals surface area contributed by atoms with Crippen LogP contribution in [0.2, 0.25) is 18.1 Å². The molecule has 1 rings (SSSR count). The fourth-order valence-corrected chi connectivity index (χ4v) is 12.7. The van der Waals surface area contributed by atoms with Gasteiger partial charge in [0.25, 0.3) is 0 Å². The Morgan fingerprint density at radius 3 is 1.79 bits per heavy atom. The summed E-state index contributed by atoms with van der Waals surface area (Å²) in [7, 11) is 6.65. The van der Waals surface area contributed by atoms with Crippen molar-refractivity contribution in [1.29, 1.82) is 0 Å². The maximum absolute atomic E-state index is 13.8. The molecule has 0 aromatic rings. The van der Waals surface area contributed by atoms with Crippen molar-refractivity contribution in [2.24, 2.45) is 11.8 Å². The van der Waals surface area contributed by atoms with Gasteiger partial charge in [0.2, 0.25) is 7.44 Å². The lowest BCUT2D eigenvalue weighted by atomic mass is 9.91. The van der Waals surface area contributed by atoms with Crippen molar-refractivity contribution in [3.63, 3.8) is 0 Å². The highest BCUT2D eigenvalue weighted by atomic mass is 32.2. The van der Waals surface area contributed by atoms with Gasteiger partial charge in [-0.05, 0) is 95.3 Å². The van der Waals surface area contributed by atoms with Crippen LogP contribution in [0.3, 0.4) is 0 Å². The van der Waals surface area contributed by atoms with Crippen LogP contribution in [-0.2, 0) is 18.5 Å². The van der Waals surface area contributed by atoms with E-state index in [-0.39, 0.29) is 29.0 Å². The number of hydrogen-bond donors (Lipinski definition) is 0. The highest BCUT2D eigenvalue weighted by molar-refractivity contribution is 8.17. The summed E-state index contributed by atoms with van der Waals surface area (Å²) in [6.45, 7) is 18.3. The first-order chi connectivity index (χ1) is 17.4. The Morgan fingerprint density at radius 2 is 1.37 bits per heavy atom.